The van der Waals surface area contributed by atoms with E-state index in [2.05, 4.69) is 15.3 Å². The number of carboxylic acids is 1. The van der Waals surface area contributed by atoms with Crippen LogP contribution in [0.1, 0.15) is 10.5 Å². The number of rotatable bonds is 3. The van der Waals surface area contributed by atoms with E-state index in [1.807, 2.05) is 0 Å². The van der Waals surface area contributed by atoms with Crippen LogP contribution in [-0.4, -0.2) is 28.1 Å². The molecule has 19 heavy (non-hydrogen) atoms. The topological polar surface area (TPSA) is 75.1 Å². The molecule has 5 nitrogen and oxygen atoms in total. The Hall–Kier alpha value is -1.85. The second-order valence-corrected chi connectivity index (χ2v) is 4.46. The Balaban J connectivity index is 2.57. The van der Waals surface area contributed by atoms with Gasteiger partial charge in [0.1, 0.15) is 5.82 Å². The molecule has 0 aliphatic rings. The zero-order valence-electron chi connectivity index (χ0n) is 9.82. The number of nitrogens with zero attached hydrogens (tertiary/aromatic N) is 2. The number of halogens is 2. The molecule has 2 aromatic rings. The van der Waals surface area contributed by atoms with Crippen LogP contribution in [0.15, 0.2) is 24.3 Å². The first-order valence-corrected chi connectivity index (χ1v) is 6.02. The molecule has 0 unspecified atom stereocenters. The molecule has 0 bridgehead atoms. The van der Waals surface area contributed by atoms with E-state index in [4.69, 9.17) is 28.3 Å². The van der Waals surface area contributed by atoms with Crippen LogP contribution in [-0.2, 0) is 0 Å². The second-order valence-electron chi connectivity index (χ2n) is 3.65. The van der Waals surface area contributed by atoms with Gasteiger partial charge in [0, 0.05) is 18.7 Å². The number of carbonyl (C=O) groups is 1. The van der Waals surface area contributed by atoms with Crippen molar-refractivity contribution in [2.24, 2.45) is 0 Å². The Bertz CT molecular complexity index is 647. The standard InChI is InChI=1S/C12H9Cl2N3O2/c1-15-10-5-9(12(18)19)16-11(17-10)6-2-3-7(13)8(14)4-6/h2-5H,1H3,(H,18,19)(H,15,16,17). The van der Waals surface area contributed by atoms with E-state index in [1.165, 1.54) is 6.07 Å². The summed E-state index contributed by atoms with van der Waals surface area (Å²) in [6, 6.07) is 6.22. The summed E-state index contributed by atoms with van der Waals surface area (Å²) < 4.78 is 0. The van der Waals surface area contributed by atoms with Crippen LogP contribution in [0, 0.1) is 0 Å². The van der Waals surface area contributed by atoms with Gasteiger partial charge < -0.3 is 10.4 Å². The highest BCUT2D eigenvalue weighted by Crippen LogP contribution is 2.27. The molecular weight excluding hydrogens is 289 g/mol. The number of anilines is 1. The molecule has 0 aliphatic heterocycles. The van der Waals surface area contributed by atoms with Gasteiger partial charge in [-0.25, -0.2) is 14.8 Å². The van der Waals surface area contributed by atoms with E-state index in [0.717, 1.165) is 0 Å². The first-order chi connectivity index (χ1) is 9.01. The minimum atomic E-state index is -1.12. The summed E-state index contributed by atoms with van der Waals surface area (Å²) in [5.41, 5.74) is 0.495. The van der Waals surface area contributed by atoms with Crippen molar-refractivity contribution in [1.29, 1.82) is 0 Å². The predicted octanol–water partition coefficient (Wildman–Crippen LogP) is 3.19. The molecule has 0 radical (unpaired) electrons. The molecule has 0 atom stereocenters. The van der Waals surface area contributed by atoms with Gasteiger partial charge in [0.15, 0.2) is 11.5 Å². The van der Waals surface area contributed by atoms with Gasteiger partial charge in [-0.05, 0) is 18.2 Å². The Kier molecular flexibility index (Phi) is 3.87. The SMILES string of the molecule is CNc1cc(C(=O)O)nc(-c2ccc(Cl)c(Cl)c2)n1. The molecule has 2 rings (SSSR count). The third-order valence-corrected chi connectivity index (χ3v) is 3.12. The molecule has 0 saturated heterocycles. The van der Waals surface area contributed by atoms with Crippen molar-refractivity contribution in [3.05, 3.63) is 40.0 Å². The molecular formula is C12H9Cl2N3O2. The van der Waals surface area contributed by atoms with Gasteiger partial charge in [0.25, 0.3) is 0 Å². The highest BCUT2D eigenvalue weighted by molar-refractivity contribution is 6.42. The van der Waals surface area contributed by atoms with Crippen molar-refractivity contribution in [2.45, 2.75) is 0 Å². The Morgan fingerprint density at radius 1 is 1.21 bits per heavy atom. The largest absolute Gasteiger partial charge is 0.477 e. The van der Waals surface area contributed by atoms with Crippen LogP contribution in [0.5, 0.6) is 0 Å². The minimum absolute atomic E-state index is 0.0968. The predicted molar refractivity (Wildman–Crippen MR) is 74.0 cm³/mol. The first-order valence-electron chi connectivity index (χ1n) is 5.27. The fourth-order valence-corrected chi connectivity index (χ4v) is 1.75. The summed E-state index contributed by atoms with van der Waals surface area (Å²) in [6.07, 6.45) is 0. The van der Waals surface area contributed by atoms with Crippen LogP contribution >= 0.6 is 23.2 Å². The van der Waals surface area contributed by atoms with Crippen molar-refractivity contribution in [3.8, 4) is 11.4 Å². The summed E-state index contributed by atoms with van der Waals surface area (Å²) in [5.74, 6) is -0.448. The summed E-state index contributed by atoms with van der Waals surface area (Å²) in [4.78, 5) is 19.2. The van der Waals surface area contributed by atoms with E-state index in [9.17, 15) is 4.79 Å². The second kappa shape index (κ2) is 5.42. The average molecular weight is 298 g/mol. The van der Waals surface area contributed by atoms with Crippen LogP contribution in [0.25, 0.3) is 11.4 Å². The maximum absolute atomic E-state index is 11.0. The molecule has 7 heteroatoms. The Morgan fingerprint density at radius 2 is 1.95 bits per heavy atom. The van der Waals surface area contributed by atoms with Gasteiger partial charge in [-0.2, -0.15) is 0 Å². The number of nitrogens with one attached hydrogen (secondary N) is 1. The molecule has 0 spiro atoms. The van der Waals surface area contributed by atoms with Gasteiger partial charge in [-0.15, -0.1) is 0 Å². The number of hydrogen-bond donors (Lipinski definition) is 2. The average Bonchev–Trinajstić information content (AvgIpc) is 2.41. The number of carboxylic acid groups (broad SMARTS) is 1. The summed E-state index contributed by atoms with van der Waals surface area (Å²) in [7, 11) is 1.65. The van der Waals surface area contributed by atoms with Crippen molar-refractivity contribution in [1.82, 2.24) is 9.97 Å². The van der Waals surface area contributed by atoms with Crippen molar-refractivity contribution < 1.29 is 9.90 Å². The van der Waals surface area contributed by atoms with E-state index in [0.29, 0.717) is 21.4 Å². The van der Waals surface area contributed by atoms with Gasteiger partial charge in [-0.1, -0.05) is 23.2 Å². The fraction of sp³-hybridized carbons (Fsp3) is 0.0833. The third kappa shape index (κ3) is 2.94. The lowest BCUT2D eigenvalue weighted by Crippen LogP contribution is -2.05. The summed E-state index contributed by atoms with van der Waals surface area (Å²) in [5, 5.41) is 12.6. The van der Waals surface area contributed by atoms with E-state index in [-0.39, 0.29) is 11.5 Å². The van der Waals surface area contributed by atoms with Crippen molar-refractivity contribution in [2.75, 3.05) is 12.4 Å². The van der Waals surface area contributed by atoms with Gasteiger partial charge in [0.2, 0.25) is 0 Å². The summed E-state index contributed by atoms with van der Waals surface area (Å²) in [6.45, 7) is 0. The number of aromatic carboxylic acids is 1. The van der Waals surface area contributed by atoms with Gasteiger partial charge in [-0.3, -0.25) is 0 Å². The monoisotopic (exact) mass is 297 g/mol. The lowest BCUT2D eigenvalue weighted by atomic mass is 10.2. The van der Waals surface area contributed by atoms with Crippen LogP contribution in [0.2, 0.25) is 10.0 Å². The quantitative estimate of drug-likeness (QED) is 0.910. The lowest BCUT2D eigenvalue weighted by Gasteiger charge is -2.06. The number of benzene rings is 1. The molecule has 1 aromatic carbocycles. The molecule has 2 N–H and O–H groups in total. The highest BCUT2D eigenvalue weighted by atomic mass is 35.5. The molecule has 98 valence electrons. The molecule has 0 aliphatic carbocycles. The summed E-state index contributed by atoms with van der Waals surface area (Å²) >= 11 is 11.7. The first kappa shape index (κ1) is 13.6. The lowest BCUT2D eigenvalue weighted by molar-refractivity contribution is 0.0690. The van der Waals surface area contributed by atoms with Crippen LogP contribution in [0.4, 0.5) is 5.82 Å². The number of aromatic nitrogens is 2. The molecule has 0 saturated carbocycles. The van der Waals surface area contributed by atoms with E-state index in [1.54, 1.807) is 25.2 Å². The fourth-order valence-electron chi connectivity index (χ4n) is 1.45. The maximum atomic E-state index is 11.0. The van der Waals surface area contributed by atoms with E-state index >= 15 is 0 Å². The highest BCUT2D eigenvalue weighted by Gasteiger charge is 2.12. The zero-order chi connectivity index (χ0) is 14.0. The smallest absolute Gasteiger partial charge is 0.354 e. The van der Waals surface area contributed by atoms with Crippen LogP contribution < -0.4 is 5.32 Å². The third-order valence-electron chi connectivity index (χ3n) is 2.38. The number of hydrogen-bond acceptors (Lipinski definition) is 4. The van der Waals surface area contributed by atoms with Crippen molar-refractivity contribution >= 4 is 35.0 Å². The minimum Gasteiger partial charge on any atom is -0.477 e. The molecule has 1 heterocycles. The van der Waals surface area contributed by atoms with Gasteiger partial charge >= 0.3 is 5.97 Å². The van der Waals surface area contributed by atoms with E-state index < -0.39 is 5.97 Å². The Labute approximate surface area is 119 Å². The molecule has 0 amide bonds. The van der Waals surface area contributed by atoms with Gasteiger partial charge in [0.05, 0.1) is 10.0 Å². The van der Waals surface area contributed by atoms with Crippen molar-refractivity contribution in [3.63, 3.8) is 0 Å². The maximum Gasteiger partial charge on any atom is 0.354 e. The zero-order valence-corrected chi connectivity index (χ0v) is 11.3. The molecule has 1 aromatic heterocycles. The molecule has 0 fully saturated rings. The van der Waals surface area contributed by atoms with Crippen LogP contribution in [0.3, 0.4) is 0 Å². The Morgan fingerprint density at radius 3 is 2.53 bits per heavy atom. The normalized spacial score (nSPS) is 10.3.